The molecule has 3 atom stereocenters. The molecule has 1 aliphatic carbocycles. The third-order valence-corrected chi connectivity index (χ3v) is 4.66. The van der Waals surface area contributed by atoms with E-state index in [1.54, 1.807) is 14.0 Å². The second-order valence-electron chi connectivity index (χ2n) is 6.39. The van der Waals surface area contributed by atoms with Gasteiger partial charge in [0.1, 0.15) is 11.3 Å². The molecule has 2 N–H and O–H groups in total. The third-order valence-electron chi connectivity index (χ3n) is 4.66. The Balaban J connectivity index is 2.15. The van der Waals surface area contributed by atoms with E-state index in [1.807, 2.05) is 20.8 Å². The number of hydrogen-bond donors (Lipinski definition) is 2. The van der Waals surface area contributed by atoms with Gasteiger partial charge < -0.3 is 19.6 Å². The minimum atomic E-state index is -1.09. The SMILES string of the molecule is CCc1oc(C(=O)NC2C(C)C(OC)C2(C)C)cc1C(=O)O. The number of carbonyl (C=O) groups is 2. The molecule has 122 valence electrons. The average Bonchev–Trinajstić information content (AvgIpc) is 2.89. The fourth-order valence-corrected chi connectivity index (χ4v) is 3.62. The molecule has 1 aromatic heterocycles. The van der Waals surface area contributed by atoms with Gasteiger partial charge in [-0.15, -0.1) is 0 Å². The van der Waals surface area contributed by atoms with Crippen LogP contribution in [0.1, 0.15) is 54.4 Å². The standard InChI is InChI=1S/C16H23NO5/c1-6-10-9(15(19)20)7-11(22-10)14(18)17-12-8(2)13(21-5)16(12,3)4/h7-8,12-13H,6H2,1-5H3,(H,17,18)(H,19,20). The maximum absolute atomic E-state index is 12.3. The molecule has 0 aromatic carbocycles. The van der Waals surface area contributed by atoms with E-state index in [9.17, 15) is 9.59 Å². The number of methoxy groups -OCH3 is 1. The van der Waals surface area contributed by atoms with Crippen LogP contribution in [-0.2, 0) is 11.2 Å². The van der Waals surface area contributed by atoms with Gasteiger partial charge in [0, 0.05) is 37.0 Å². The van der Waals surface area contributed by atoms with E-state index in [4.69, 9.17) is 14.3 Å². The largest absolute Gasteiger partial charge is 0.478 e. The van der Waals surface area contributed by atoms with Crippen LogP contribution in [0, 0.1) is 11.3 Å². The molecule has 1 fully saturated rings. The Kier molecular flexibility index (Phi) is 4.33. The molecule has 6 heteroatoms. The Hall–Kier alpha value is -1.82. The van der Waals surface area contributed by atoms with Crippen LogP contribution in [0.4, 0.5) is 0 Å². The molecule has 1 heterocycles. The topological polar surface area (TPSA) is 88.8 Å². The highest BCUT2D eigenvalue weighted by atomic mass is 16.5. The van der Waals surface area contributed by atoms with Gasteiger partial charge >= 0.3 is 5.97 Å². The first-order chi connectivity index (χ1) is 10.2. The Labute approximate surface area is 129 Å². The van der Waals surface area contributed by atoms with E-state index in [0.29, 0.717) is 12.2 Å². The van der Waals surface area contributed by atoms with Crippen LogP contribution in [-0.4, -0.2) is 36.2 Å². The molecule has 0 aliphatic heterocycles. The van der Waals surface area contributed by atoms with Gasteiger partial charge in [0.05, 0.1) is 6.10 Å². The van der Waals surface area contributed by atoms with Crippen molar-refractivity contribution in [2.24, 2.45) is 11.3 Å². The Morgan fingerprint density at radius 3 is 2.50 bits per heavy atom. The van der Waals surface area contributed by atoms with E-state index in [-0.39, 0.29) is 40.7 Å². The molecule has 6 nitrogen and oxygen atoms in total. The van der Waals surface area contributed by atoms with Gasteiger partial charge in [-0.25, -0.2) is 4.79 Å². The average molecular weight is 309 g/mol. The highest BCUT2D eigenvalue weighted by molar-refractivity contribution is 5.96. The quantitative estimate of drug-likeness (QED) is 0.871. The predicted molar refractivity (Wildman–Crippen MR) is 80.0 cm³/mol. The number of hydrogen-bond acceptors (Lipinski definition) is 4. The van der Waals surface area contributed by atoms with Crippen molar-refractivity contribution in [3.05, 3.63) is 23.2 Å². The van der Waals surface area contributed by atoms with Crippen LogP contribution in [0.5, 0.6) is 0 Å². The van der Waals surface area contributed by atoms with Crippen LogP contribution < -0.4 is 5.32 Å². The summed E-state index contributed by atoms with van der Waals surface area (Å²) in [6.07, 6.45) is 0.501. The predicted octanol–water partition coefficient (Wildman–Crippen LogP) is 2.33. The molecule has 1 amide bonds. The van der Waals surface area contributed by atoms with E-state index in [0.717, 1.165) is 0 Å². The van der Waals surface area contributed by atoms with Crippen molar-refractivity contribution in [3.8, 4) is 0 Å². The number of rotatable bonds is 5. The zero-order chi connectivity index (χ0) is 16.7. The lowest BCUT2D eigenvalue weighted by molar-refractivity contribution is -0.141. The number of aryl methyl sites for hydroxylation is 1. The summed E-state index contributed by atoms with van der Waals surface area (Å²) in [5, 5.41) is 12.0. The summed E-state index contributed by atoms with van der Waals surface area (Å²) < 4.78 is 10.8. The number of furan rings is 1. The van der Waals surface area contributed by atoms with Gasteiger partial charge in [-0.2, -0.15) is 0 Å². The van der Waals surface area contributed by atoms with Gasteiger partial charge in [-0.3, -0.25) is 4.79 Å². The second kappa shape index (κ2) is 5.76. The molecular formula is C16H23NO5. The molecule has 0 saturated heterocycles. The van der Waals surface area contributed by atoms with Crippen LogP contribution >= 0.6 is 0 Å². The zero-order valence-corrected chi connectivity index (χ0v) is 13.6. The maximum atomic E-state index is 12.3. The second-order valence-corrected chi connectivity index (χ2v) is 6.39. The van der Waals surface area contributed by atoms with Crippen molar-refractivity contribution < 1.29 is 23.8 Å². The summed E-state index contributed by atoms with van der Waals surface area (Å²) in [4.78, 5) is 23.5. The van der Waals surface area contributed by atoms with Crippen molar-refractivity contribution >= 4 is 11.9 Å². The molecule has 2 rings (SSSR count). The Morgan fingerprint density at radius 1 is 1.45 bits per heavy atom. The molecule has 3 unspecified atom stereocenters. The van der Waals surface area contributed by atoms with Crippen molar-refractivity contribution in [1.82, 2.24) is 5.32 Å². The lowest BCUT2D eigenvalue weighted by Gasteiger charge is -2.56. The summed E-state index contributed by atoms with van der Waals surface area (Å²) in [5.74, 6) is -0.937. The van der Waals surface area contributed by atoms with Crippen LogP contribution in [0.3, 0.4) is 0 Å². The number of carboxylic acid groups (broad SMARTS) is 1. The summed E-state index contributed by atoms with van der Waals surface area (Å²) >= 11 is 0. The zero-order valence-electron chi connectivity index (χ0n) is 13.6. The normalized spacial score (nSPS) is 26.3. The Morgan fingerprint density at radius 2 is 2.09 bits per heavy atom. The monoisotopic (exact) mass is 309 g/mol. The number of carboxylic acids is 1. The minimum Gasteiger partial charge on any atom is -0.478 e. The highest BCUT2D eigenvalue weighted by Gasteiger charge is 2.55. The minimum absolute atomic E-state index is 0.0399. The number of ether oxygens (including phenoxy) is 1. The number of aromatic carboxylic acids is 1. The van der Waals surface area contributed by atoms with Crippen LogP contribution in [0.2, 0.25) is 0 Å². The summed E-state index contributed by atoms with van der Waals surface area (Å²) in [7, 11) is 1.67. The van der Waals surface area contributed by atoms with Gasteiger partial charge in [0.25, 0.3) is 5.91 Å². The fourth-order valence-electron chi connectivity index (χ4n) is 3.62. The molecule has 1 saturated carbocycles. The first kappa shape index (κ1) is 16.5. The smallest absolute Gasteiger partial charge is 0.339 e. The molecule has 0 radical (unpaired) electrons. The van der Waals surface area contributed by atoms with Gasteiger partial charge in [-0.1, -0.05) is 27.7 Å². The van der Waals surface area contributed by atoms with E-state index >= 15 is 0 Å². The van der Waals surface area contributed by atoms with E-state index in [1.165, 1.54) is 6.07 Å². The molecule has 0 bridgehead atoms. The van der Waals surface area contributed by atoms with Crippen molar-refractivity contribution in [2.45, 2.75) is 46.3 Å². The van der Waals surface area contributed by atoms with Gasteiger partial charge in [0.15, 0.2) is 5.76 Å². The number of nitrogens with one attached hydrogen (secondary N) is 1. The number of amides is 1. The van der Waals surface area contributed by atoms with Gasteiger partial charge in [-0.05, 0) is 0 Å². The van der Waals surface area contributed by atoms with Crippen LogP contribution in [0.15, 0.2) is 10.5 Å². The molecular weight excluding hydrogens is 286 g/mol. The summed E-state index contributed by atoms with van der Waals surface area (Å²) in [6.45, 7) is 7.88. The first-order valence-electron chi connectivity index (χ1n) is 7.43. The van der Waals surface area contributed by atoms with E-state index < -0.39 is 5.97 Å². The fraction of sp³-hybridized carbons (Fsp3) is 0.625. The van der Waals surface area contributed by atoms with Crippen LogP contribution in [0.25, 0.3) is 0 Å². The Bertz CT molecular complexity index is 589. The molecule has 0 spiro atoms. The maximum Gasteiger partial charge on any atom is 0.339 e. The molecule has 22 heavy (non-hydrogen) atoms. The van der Waals surface area contributed by atoms with E-state index in [2.05, 4.69) is 5.32 Å². The van der Waals surface area contributed by atoms with Crippen molar-refractivity contribution in [2.75, 3.05) is 7.11 Å². The van der Waals surface area contributed by atoms with Gasteiger partial charge in [0.2, 0.25) is 0 Å². The third kappa shape index (κ3) is 2.52. The lowest BCUT2D eigenvalue weighted by atomic mass is 9.58. The molecule has 1 aliphatic rings. The highest BCUT2D eigenvalue weighted by Crippen LogP contribution is 2.47. The van der Waals surface area contributed by atoms with Crippen molar-refractivity contribution in [3.63, 3.8) is 0 Å². The summed E-state index contributed by atoms with van der Waals surface area (Å²) in [6, 6.07) is 1.24. The molecule has 1 aromatic rings. The van der Waals surface area contributed by atoms with Crippen molar-refractivity contribution in [1.29, 1.82) is 0 Å². The number of carbonyl (C=O) groups excluding carboxylic acids is 1. The lowest BCUT2D eigenvalue weighted by Crippen LogP contribution is -2.67. The summed E-state index contributed by atoms with van der Waals surface area (Å²) in [5.41, 5.74) is -0.136. The first-order valence-corrected chi connectivity index (χ1v) is 7.43.